The van der Waals surface area contributed by atoms with Crippen LogP contribution in [0.15, 0.2) is 36.5 Å². The summed E-state index contributed by atoms with van der Waals surface area (Å²) in [4.78, 5) is 15.4. The summed E-state index contributed by atoms with van der Waals surface area (Å²) in [5.74, 6) is -1.34. The Hall–Kier alpha value is -2.23. The summed E-state index contributed by atoms with van der Waals surface area (Å²) < 4.78 is 13.1. The summed E-state index contributed by atoms with van der Waals surface area (Å²) in [6, 6.07) is 7.73. The maximum absolute atomic E-state index is 13.1. The lowest BCUT2D eigenvalue weighted by molar-refractivity contribution is 0.0695. The van der Waals surface area contributed by atoms with Gasteiger partial charge in [-0.3, -0.25) is 4.98 Å². The van der Waals surface area contributed by atoms with Crippen molar-refractivity contribution in [3.8, 4) is 0 Å². The van der Waals surface area contributed by atoms with Crippen molar-refractivity contribution >= 4 is 5.97 Å². The smallest absolute Gasteiger partial charge is 0.337 e. The van der Waals surface area contributed by atoms with Gasteiger partial charge in [0.05, 0.1) is 11.3 Å². The number of rotatable bonds is 4. The van der Waals surface area contributed by atoms with Crippen molar-refractivity contribution in [3.05, 3.63) is 64.7 Å². The first-order chi connectivity index (χ1) is 9.10. The fourth-order valence-corrected chi connectivity index (χ4v) is 1.90. The third-order valence-electron chi connectivity index (χ3n) is 2.93. The third-order valence-corrected chi connectivity index (χ3v) is 2.93. The number of benzene rings is 1. The summed E-state index contributed by atoms with van der Waals surface area (Å²) in [7, 11) is 0. The van der Waals surface area contributed by atoms with E-state index in [0.29, 0.717) is 17.7 Å². The van der Waals surface area contributed by atoms with E-state index in [4.69, 9.17) is 0 Å². The second kappa shape index (κ2) is 5.61. The molecule has 0 unspecified atom stereocenters. The van der Waals surface area contributed by atoms with Crippen LogP contribution in [0.1, 0.15) is 34.1 Å². The van der Waals surface area contributed by atoms with Crippen LogP contribution in [0.2, 0.25) is 0 Å². The number of pyridine rings is 1. The normalized spacial score (nSPS) is 10.4. The molecule has 1 aromatic carbocycles. The van der Waals surface area contributed by atoms with Crippen LogP contribution in [0.4, 0.5) is 4.39 Å². The van der Waals surface area contributed by atoms with Crippen molar-refractivity contribution in [2.75, 3.05) is 0 Å². The van der Waals surface area contributed by atoms with Gasteiger partial charge in [0, 0.05) is 12.6 Å². The van der Waals surface area contributed by atoms with Gasteiger partial charge in [0.15, 0.2) is 0 Å². The molecule has 1 aromatic heterocycles. The lowest BCUT2D eigenvalue weighted by Crippen LogP contribution is -2.07. The van der Waals surface area contributed by atoms with Gasteiger partial charge < -0.3 is 5.11 Å². The molecule has 0 fully saturated rings. The van der Waals surface area contributed by atoms with Gasteiger partial charge in [-0.15, -0.1) is 0 Å². The molecule has 0 atom stereocenters. The molecule has 0 spiro atoms. The van der Waals surface area contributed by atoms with Gasteiger partial charge in [-0.2, -0.15) is 0 Å². The molecule has 0 saturated heterocycles. The Labute approximate surface area is 110 Å². The Morgan fingerprint density at radius 3 is 2.74 bits per heavy atom. The molecule has 98 valence electrons. The summed E-state index contributed by atoms with van der Waals surface area (Å²) in [5, 5.41) is 9.20. The number of carboxylic acid groups (broad SMARTS) is 1. The van der Waals surface area contributed by atoms with Gasteiger partial charge >= 0.3 is 5.97 Å². The largest absolute Gasteiger partial charge is 0.478 e. The second-order valence-corrected chi connectivity index (χ2v) is 4.30. The number of carboxylic acids is 1. The lowest BCUT2D eigenvalue weighted by atomic mass is 10.0. The highest BCUT2D eigenvalue weighted by Gasteiger charge is 2.13. The highest BCUT2D eigenvalue weighted by atomic mass is 19.1. The molecular weight excluding hydrogens is 245 g/mol. The summed E-state index contributed by atoms with van der Waals surface area (Å²) in [6.07, 6.45) is 2.71. The van der Waals surface area contributed by atoms with Crippen molar-refractivity contribution in [3.63, 3.8) is 0 Å². The van der Waals surface area contributed by atoms with Crippen LogP contribution in [0.3, 0.4) is 0 Å². The molecule has 1 N–H and O–H groups in total. The summed E-state index contributed by atoms with van der Waals surface area (Å²) in [5.41, 5.74) is 2.22. The van der Waals surface area contributed by atoms with E-state index in [0.717, 1.165) is 12.0 Å². The van der Waals surface area contributed by atoms with Crippen LogP contribution in [0.5, 0.6) is 0 Å². The monoisotopic (exact) mass is 259 g/mol. The Morgan fingerprint density at radius 1 is 1.32 bits per heavy atom. The zero-order valence-corrected chi connectivity index (χ0v) is 10.6. The molecule has 2 aromatic rings. The summed E-state index contributed by atoms with van der Waals surface area (Å²) >= 11 is 0. The van der Waals surface area contributed by atoms with E-state index in [1.54, 1.807) is 24.4 Å². The second-order valence-electron chi connectivity index (χ2n) is 4.30. The first-order valence-electron chi connectivity index (χ1n) is 6.05. The quantitative estimate of drug-likeness (QED) is 0.918. The molecule has 0 radical (unpaired) electrons. The number of aromatic nitrogens is 1. The minimum Gasteiger partial charge on any atom is -0.478 e. The SMILES string of the molecule is CCc1cnc(Cc2cccc(F)c2)c(C(=O)O)c1. The van der Waals surface area contributed by atoms with Crippen molar-refractivity contribution in [2.45, 2.75) is 19.8 Å². The van der Waals surface area contributed by atoms with Gasteiger partial charge in [0.1, 0.15) is 5.82 Å². The van der Waals surface area contributed by atoms with Crippen molar-refractivity contribution in [1.82, 2.24) is 4.98 Å². The molecule has 0 aliphatic carbocycles. The fraction of sp³-hybridized carbons (Fsp3) is 0.200. The Morgan fingerprint density at radius 2 is 2.11 bits per heavy atom. The molecule has 0 saturated carbocycles. The van der Waals surface area contributed by atoms with E-state index in [1.165, 1.54) is 12.1 Å². The molecule has 4 heteroatoms. The zero-order valence-electron chi connectivity index (χ0n) is 10.6. The number of nitrogens with zero attached hydrogens (tertiary/aromatic N) is 1. The van der Waals surface area contributed by atoms with E-state index >= 15 is 0 Å². The van der Waals surface area contributed by atoms with Gasteiger partial charge in [-0.1, -0.05) is 19.1 Å². The first kappa shape index (κ1) is 13.2. The zero-order chi connectivity index (χ0) is 13.8. The van der Waals surface area contributed by atoms with Crippen molar-refractivity contribution < 1.29 is 14.3 Å². The van der Waals surface area contributed by atoms with Crippen LogP contribution in [-0.4, -0.2) is 16.1 Å². The van der Waals surface area contributed by atoms with Crippen LogP contribution in [0.25, 0.3) is 0 Å². The van der Waals surface area contributed by atoms with Crippen LogP contribution in [0, 0.1) is 5.82 Å². The summed E-state index contributed by atoms with van der Waals surface area (Å²) in [6.45, 7) is 1.94. The molecule has 0 bridgehead atoms. The van der Waals surface area contributed by atoms with E-state index < -0.39 is 5.97 Å². The number of hydrogen-bond donors (Lipinski definition) is 1. The molecular formula is C15H14FNO2. The highest BCUT2D eigenvalue weighted by molar-refractivity contribution is 5.89. The van der Waals surface area contributed by atoms with Gasteiger partial charge in [-0.25, -0.2) is 9.18 Å². The standard InChI is InChI=1S/C15H14FNO2/c1-2-10-7-13(15(18)19)14(17-9-10)8-11-4-3-5-12(16)6-11/h3-7,9H,2,8H2,1H3,(H,18,19). The average molecular weight is 259 g/mol. The van der Waals surface area contributed by atoms with Gasteiger partial charge in [0.2, 0.25) is 0 Å². The highest BCUT2D eigenvalue weighted by Crippen LogP contribution is 2.15. The average Bonchev–Trinajstić information content (AvgIpc) is 2.39. The van der Waals surface area contributed by atoms with Crippen molar-refractivity contribution in [1.29, 1.82) is 0 Å². The molecule has 2 rings (SSSR count). The maximum Gasteiger partial charge on any atom is 0.337 e. The number of carbonyl (C=O) groups is 1. The lowest BCUT2D eigenvalue weighted by Gasteiger charge is -2.07. The van der Waals surface area contributed by atoms with Gasteiger partial charge in [0.25, 0.3) is 0 Å². The van der Waals surface area contributed by atoms with E-state index in [9.17, 15) is 14.3 Å². The van der Waals surface area contributed by atoms with Crippen LogP contribution >= 0.6 is 0 Å². The minimum atomic E-state index is -1.01. The molecule has 0 aliphatic rings. The van der Waals surface area contributed by atoms with E-state index in [1.807, 2.05) is 6.92 Å². The topological polar surface area (TPSA) is 50.2 Å². The number of aryl methyl sites for hydroxylation is 1. The predicted molar refractivity (Wildman–Crippen MR) is 69.8 cm³/mol. The maximum atomic E-state index is 13.1. The number of hydrogen-bond acceptors (Lipinski definition) is 2. The van der Waals surface area contributed by atoms with Crippen LogP contribution < -0.4 is 0 Å². The molecule has 1 heterocycles. The number of halogens is 1. The van der Waals surface area contributed by atoms with Gasteiger partial charge in [-0.05, 0) is 35.7 Å². The third kappa shape index (κ3) is 3.16. The first-order valence-corrected chi connectivity index (χ1v) is 6.05. The molecule has 19 heavy (non-hydrogen) atoms. The van der Waals surface area contributed by atoms with E-state index in [2.05, 4.69) is 4.98 Å². The Kier molecular flexibility index (Phi) is 3.90. The number of aromatic carboxylic acids is 1. The molecule has 0 amide bonds. The predicted octanol–water partition coefficient (Wildman–Crippen LogP) is 3.07. The fourth-order valence-electron chi connectivity index (χ4n) is 1.90. The molecule has 3 nitrogen and oxygen atoms in total. The van der Waals surface area contributed by atoms with Crippen molar-refractivity contribution in [2.24, 2.45) is 0 Å². The Balaban J connectivity index is 2.36. The Bertz CT molecular complexity index is 611. The van der Waals surface area contributed by atoms with Crippen LogP contribution in [-0.2, 0) is 12.8 Å². The minimum absolute atomic E-state index is 0.184. The molecule has 0 aliphatic heterocycles. The van der Waals surface area contributed by atoms with E-state index in [-0.39, 0.29) is 11.4 Å².